The van der Waals surface area contributed by atoms with E-state index in [1.54, 1.807) is 55.5 Å². The Balaban J connectivity index is 1.57. The standard InChI is InChI=1S/C32H23BrO5/c1-2-37-29(35)32-27(25-19-24(33)17-18-26(25)38-30(32)36)31(32,23-11-7-4-8-12-23)28(34)22-15-13-21(14-16-22)20-9-5-3-6-10-20/h3-19,27H,2H2,1H3/t27-,31-,32+/m0/s1. The second-order valence-electron chi connectivity index (χ2n) is 9.48. The van der Waals surface area contributed by atoms with E-state index in [4.69, 9.17) is 9.47 Å². The van der Waals surface area contributed by atoms with Crippen LogP contribution in [-0.2, 0) is 19.7 Å². The van der Waals surface area contributed by atoms with Gasteiger partial charge in [-0.2, -0.15) is 0 Å². The third-order valence-corrected chi connectivity index (χ3v) is 8.14. The molecule has 1 fully saturated rings. The highest BCUT2D eigenvalue weighted by Crippen LogP contribution is 2.79. The number of hydrogen-bond donors (Lipinski definition) is 0. The Morgan fingerprint density at radius 2 is 1.47 bits per heavy atom. The Hall–Kier alpha value is -4.03. The number of Topliss-reactive ketones (excluding diaryl/α,β-unsaturated/α-hetero) is 1. The van der Waals surface area contributed by atoms with Gasteiger partial charge in [0.2, 0.25) is 0 Å². The molecular formula is C32H23BrO5. The molecule has 0 aromatic heterocycles. The molecule has 1 saturated carbocycles. The predicted octanol–water partition coefficient (Wildman–Crippen LogP) is 6.50. The molecule has 1 aliphatic carbocycles. The zero-order valence-corrected chi connectivity index (χ0v) is 22.1. The molecule has 0 spiro atoms. The summed E-state index contributed by atoms with van der Waals surface area (Å²) in [6.45, 7) is 1.75. The van der Waals surface area contributed by atoms with Crippen molar-refractivity contribution in [2.75, 3.05) is 6.61 Å². The lowest BCUT2D eigenvalue weighted by atomic mass is 9.79. The summed E-state index contributed by atoms with van der Waals surface area (Å²) in [7, 11) is 0. The summed E-state index contributed by atoms with van der Waals surface area (Å²) in [4.78, 5) is 42.2. The number of esters is 2. The first-order valence-electron chi connectivity index (χ1n) is 12.4. The fourth-order valence-electron chi connectivity index (χ4n) is 6.05. The summed E-state index contributed by atoms with van der Waals surface area (Å²) < 4.78 is 12.0. The highest BCUT2D eigenvalue weighted by Gasteiger charge is 2.91. The van der Waals surface area contributed by atoms with Crippen LogP contribution in [0.3, 0.4) is 0 Å². The van der Waals surface area contributed by atoms with Gasteiger partial charge in [0, 0.05) is 21.5 Å². The molecule has 38 heavy (non-hydrogen) atoms. The van der Waals surface area contributed by atoms with Crippen LogP contribution in [0.25, 0.3) is 11.1 Å². The molecule has 4 aromatic rings. The van der Waals surface area contributed by atoms with Crippen molar-refractivity contribution in [3.8, 4) is 16.9 Å². The molecule has 0 bridgehead atoms. The maximum absolute atomic E-state index is 14.7. The summed E-state index contributed by atoms with van der Waals surface area (Å²) in [6.07, 6.45) is 0. The van der Waals surface area contributed by atoms with E-state index < -0.39 is 28.7 Å². The van der Waals surface area contributed by atoms with E-state index in [1.165, 1.54) is 0 Å². The van der Waals surface area contributed by atoms with Crippen molar-refractivity contribution < 1.29 is 23.9 Å². The quantitative estimate of drug-likeness (QED) is 0.115. The highest BCUT2D eigenvalue weighted by atomic mass is 79.9. The number of halogens is 1. The molecule has 188 valence electrons. The van der Waals surface area contributed by atoms with Gasteiger partial charge in [-0.25, -0.2) is 0 Å². The van der Waals surface area contributed by atoms with Crippen LogP contribution in [0.5, 0.6) is 5.75 Å². The monoisotopic (exact) mass is 566 g/mol. The Kier molecular flexibility index (Phi) is 5.80. The van der Waals surface area contributed by atoms with Gasteiger partial charge in [-0.15, -0.1) is 0 Å². The van der Waals surface area contributed by atoms with Crippen molar-refractivity contribution in [1.29, 1.82) is 0 Å². The molecule has 0 amide bonds. The van der Waals surface area contributed by atoms with Crippen LogP contribution in [-0.4, -0.2) is 24.3 Å². The lowest BCUT2D eigenvalue weighted by molar-refractivity contribution is -0.161. The molecule has 1 heterocycles. The minimum absolute atomic E-state index is 0.0662. The summed E-state index contributed by atoms with van der Waals surface area (Å²) >= 11 is 3.50. The van der Waals surface area contributed by atoms with Crippen LogP contribution in [0.2, 0.25) is 0 Å². The van der Waals surface area contributed by atoms with Crippen LogP contribution in [0.15, 0.2) is 108 Å². The molecule has 5 nitrogen and oxygen atoms in total. The zero-order chi connectivity index (χ0) is 26.5. The molecule has 1 aliphatic heterocycles. The third kappa shape index (κ3) is 3.26. The Labute approximate surface area is 228 Å². The molecule has 0 unspecified atom stereocenters. The van der Waals surface area contributed by atoms with Crippen molar-refractivity contribution in [2.45, 2.75) is 18.3 Å². The molecule has 3 atom stereocenters. The Morgan fingerprint density at radius 1 is 0.842 bits per heavy atom. The second-order valence-corrected chi connectivity index (χ2v) is 10.4. The van der Waals surface area contributed by atoms with Gasteiger partial charge in [-0.1, -0.05) is 101 Å². The molecule has 0 N–H and O–H groups in total. The van der Waals surface area contributed by atoms with Gasteiger partial charge in [0.15, 0.2) is 11.2 Å². The number of carbonyl (C=O) groups excluding carboxylic acids is 3. The van der Waals surface area contributed by atoms with E-state index in [2.05, 4.69) is 15.9 Å². The Morgan fingerprint density at radius 3 is 2.13 bits per heavy atom. The third-order valence-electron chi connectivity index (χ3n) is 7.65. The molecule has 6 rings (SSSR count). The first kappa shape index (κ1) is 24.3. The highest BCUT2D eigenvalue weighted by molar-refractivity contribution is 9.10. The van der Waals surface area contributed by atoms with Gasteiger partial charge in [0.1, 0.15) is 5.75 Å². The number of fused-ring (bicyclic) bond motifs is 3. The fourth-order valence-corrected chi connectivity index (χ4v) is 6.43. The summed E-state index contributed by atoms with van der Waals surface area (Å²) in [5, 5.41) is 0. The van der Waals surface area contributed by atoms with E-state index in [-0.39, 0.29) is 12.4 Å². The predicted molar refractivity (Wildman–Crippen MR) is 146 cm³/mol. The lowest BCUT2D eigenvalue weighted by Crippen LogP contribution is -2.42. The maximum Gasteiger partial charge on any atom is 0.331 e. The average molecular weight is 567 g/mol. The normalized spacial score (nSPS) is 23.0. The van der Waals surface area contributed by atoms with E-state index in [9.17, 15) is 14.4 Å². The number of carbonyl (C=O) groups is 3. The van der Waals surface area contributed by atoms with Gasteiger partial charge in [-0.05, 0) is 41.8 Å². The molecular weight excluding hydrogens is 544 g/mol. The number of ketones is 1. The van der Waals surface area contributed by atoms with Gasteiger partial charge in [0.05, 0.1) is 12.0 Å². The Bertz CT molecular complexity index is 1560. The minimum atomic E-state index is -1.84. The summed E-state index contributed by atoms with van der Waals surface area (Å²) in [5.41, 5.74) is 0.194. The van der Waals surface area contributed by atoms with Gasteiger partial charge >= 0.3 is 11.9 Å². The van der Waals surface area contributed by atoms with Crippen LogP contribution in [0, 0.1) is 5.41 Å². The van der Waals surface area contributed by atoms with Crippen molar-refractivity contribution in [1.82, 2.24) is 0 Å². The molecule has 2 aliphatic rings. The van der Waals surface area contributed by atoms with Crippen molar-refractivity contribution >= 4 is 33.7 Å². The van der Waals surface area contributed by atoms with Crippen LogP contribution in [0.4, 0.5) is 0 Å². The van der Waals surface area contributed by atoms with Crippen LogP contribution < -0.4 is 4.74 Å². The zero-order valence-electron chi connectivity index (χ0n) is 20.5. The number of rotatable bonds is 6. The number of ether oxygens (including phenoxy) is 2. The van der Waals surface area contributed by atoms with Crippen molar-refractivity contribution in [3.63, 3.8) is 0 Å². The van der Waals surface area contributed by atoms with Gasteiger partial charge < -0.3 is 9.47 Å². The van der Waals surface area contributed by atoms with Crippen molar-refractivity contribution in [3.05, 3.63) is 124 Å². The number of hydrogen-bond acceptors (Lipinski definition) is 5. The second kappa shape index (κ2) is 9.07. The van der Waals surface area contributed by atoms with Crippen LogP contribution >= 0.6 is 15.9 Å². The number of benzene rings is 4. The average Bonchev–Trinajstić information content (AvgIpc) is 3.62. The summed E-state index contributed by atoms with van der Waals surface area (Å²) in [5.74, 6) is -2.29. The molecule has 0 radical (unpaired) electrons. The SMILES string of the molecule is CCOC(=O)[C@@]12C(=O)Oc3ccc(Br)cc3[C@H]1[C@]2(C(=O)c1ccc(-c2ccccc2)cc1)c1ccccc1. The largest absolute Gasteiger partial charge is 0.465 e. The lowest BCUT2D eigenvalue weighted by Gasteiger charge is -2.23. The first-order valence-corrected chi connectivity index (χ1v) is 13.2. The molecule has 4 aromatic carbocycles. The first-order chi connectivity index (χ1) is 18.5. The van der Waals surface area contributed by atoms with E-state index in [0.717, 1.165) is 15.6 Å². The summed E-state index contributed by atoms with van der Waals surface area (Å²) in [6, 6.07) is 31.4. The van der Waals surface area contributed by atoms with Crippen molar-refractivity contribution in [2.24, 2.45) is 5.41 Å². The van der Waals surface area contributed by atoms with E-state index in [0.29, 0.717) is 22.4 Å². The topological polar surface area (TPSA) is 69.7 Å². The molecule has 6 heteroatoms. The fraction of sp³-hybridized carbons (Fsp3) is 0.156. The minimum Gasteiger partial charge on any atom is -0.465 e. The van der Waals surface area contributed by atoms with E-state index in [1.807, 2.05) is 54.6 Å². The molecule has 0 saturated heterocycles. The smallest absolute Gasteiger partial charge is 0.331 e. The van der Waals surface area contributed by atoms with Crippen LogP contribution in [0.1, 0.15) is 34.3 Å². The van der Waals surface area contributed by atoms with Gasteiger partial charge in [0.25, 0.3) is 0 Å². The maximum atomic E-state index is 14.7. The van der Waals surface area contributed by atoms with Gasteiger partial charge in [-0.3, -0.25) is 14.4 Å². The van der Waals surface area contributed by atoms with E-state index >= 15 is 0 Å².